The first-order chi connectivity index (χ1) is 15.9. The molecule has 0 bridgehead atoms. The van der Waals surface area contributed by atoms with Gasteiger partial charge < -0.3 is 14.4 Å². The van der Waals surface area contributed by atoms with Crippen molar-refractivity contribution in [3.63, 3.8) is 0 Å². The number of carbonyl (C=O) groups excluding carboxylic acids is 2. The lowest BCUT2D eigenvalue weighted by Gasteiger charge is -2.33. The number of hydrogen-bond donors (Lipinski definition) is 0. The van der Waals surface area contributed by atoms with Crippen molar-refractivity contribution in [3.8, 4) is 5.69 Å². The molecule has 0 N–H and O–H groups in total. The van der Waals surface area contributed by atoms with Gasteiger partial charge in [-0.2, -0.15) is 0 Å². The van der Waals surface area contributed by atoms with Crippen LogP contribution in [0.25, 0.3) is 11.8 Å². The first-order valence-electron chi connectivity index (χ1n) is 12.5. The van der Waals surface area contributed by atoms with E-state index in [0.717, 1.165) is 61.4 Å². The number of piperidine rings is 1. The lowest BCUT2D eigenvalue weighted by Crippen LogP contribution is -2.44. The summed E-state index contributed by atoms with van der Waals surface area (Å²) in [6, 6.07) is 10.6. The number of benzene rings is 1. The van der Waals surface area contributed by atoms with E-state index in [1.54, 1.807) is 6.08 Å². The predicted molar refractivity (Wildman–Crippen MR) is 133 cm³/mol. The number of aromatic nitrogens is 1. The van der Waals surface area contributed by atoms with E-state index in [1.807, 2.05) is 11.0 Å². The van der Waals surface area contributed by atoms with Gasteiger partial charge in [0, 0.05) is 55.2 Å². The summed E-state index contributed by atoms with van der Waals surface area (Å²) >= 11 is 0. The number of hydrogen-bond acceptors (Lipinski definition) is 2. The number of rotatable bonds is 4. The summed E-state index contributed by atoms with van der Waals surface area (Å²) in [6.07, 6.45) is 9.89. The summed E-state index contributed by atoms with van der Waals surface area (Å²) in [7, 11) is 0. The molecule has 2 saturated heterocycles. The second-order valence-electron chi connectivity index (χ2n) is 9.67. The van der Waals surface area contributed by atoms with Gasteiger partial charge in [0.2, 0.25) is 11.8 Å². The Morgan fingerprint density at radius 2 is 1.48 bits per heavy atom. The Bertz CT molecular complexity index is 1000. The van der Waals surface area contributed by atoms with Crippen LogP contribution in [0.3, 0.4) is 0 Å². The number of amides is 2. The van der Waals surface area contributed by atoms with Crippen LogP contribution in [-0.4, -0.2) is 52.4 Å². The van der Waals surface area contributed by atoms with Gasteiger partial charge in [0.1, 0.15) is 0 Å². The van der Waals surface area contributed by atoms with Crippen LogP contribution in [0.2, 0.25) is 0 Å². The normalized spacial score (nSPS) is 18.0. The Morgan fingerprint density at radius 3 is 2.12 bits per heavy atom. The molecule has 0 unspecified atom stereocenters. The molecule has 3 heterocycles. The van der Waals surface area contributed by atoms with E-state index in [4.69, 9.17) is 0 Å². The molecule has 4 rings (SSSR count). The van der Waals surface area contributed by atoms with Crippen molar-refractivity contribution in [1.29, 1.82) is 0 Å². The number of carbonyl (C=O) groups is 2. The SMILES string of the molecule is Cc1ccc(-n2c(C)cc(C=CC(=O)N3CCC(C(=O)N4CCCCCC4)CC3)c2C)cc1. The van der Waals surface area contributed by atoms with Gasteiger partial charge in [-0.15, -0.1) is 0 Å². The van der Waals surface area contributed by atoms with Gasteiger partial charge in [-0.1, -0.05) is 30.5 Å². The first-order valence-corrected chi connectivity index (χ1v) is 12.5. The Labute approximate surface area is 198 Å². The van der Waals surface area contributed by atoms with Gasteiger partial charge in [0.15, 0.2) is 0 Å². The average Bonchev–Trinajstić information content (AvgIpc) is 3.00. The van der Waals surface area contributed by atoms with Crippen molar-refractivity contribution in [3.05, 3.63) is 58.9 Å². The molecule has 2 fully saturated rings. The second kappa shape index (κ2) is 10.4. The zero-order valence-electron chi connectivity index (χ0n) is 20.3. The highest BCUT2D eigenvalue weighted by Crippen LogP contribution is 2.24. The molecular formula is C28H37N3O2. The highest BCUT2D eigenvalue weighted by molar-refractivity contribution is 5.92. The highest BCUT2D eigenvalue weighted by atomic mass is 16.2. The van der Waals surface area contributed by atoms with E-state index in [2.05, 4.69) is 60.6 Å². The minimum absolute atomic E-state index is 0.0378. The molecule has 2 aliphatic heterocycles. The van der Waals surface area contributed by atoms with Crippen molar-refractivity contribution in [2.75, 3.05) is 26.2 Å². The maximum absolute atomic E-state index is 12.9. The van der Waals surface area contributed by atoms with Gasteiger partial charge in [0.05, 0.1) is 0 Å². The van der Waals surface area contributed by atoms with Crippen molar-refractivity contribution in [2.45, 2.75) is 59.3 Å². The molecule has 0 aliphatic carbocycles. The Kier molecular flexibility index (Phi) is 7.36. The smallest absolute Gasteiger partial charge is 0.246 e. The summed E-state index contributed by atoms with van der Waals surface area (Å²) in [5.41, 5.74) is 5.72. The molecule has 2 aromatic rings. The molecule has 176 valence electrons. The van der Waals surface area contributed by atoms with Crippen LogP contribution >= 0.6 is 0 Å². The molecule has 33 heavy (non-hydrogen) atoms. The lowest BCUT2D eigenvalue weighted by molar-refractivity contribution is -0.139. The van der Waals surface area contributed by atoms with E-state index in [9.17, 15) is 9.59 Å². The lowest BCUT2D eigenvalue weighted by atomic mass is 9.95. The molecule has 2 amide bonds. The molecular weight excluding hydrogens is 410 g/mol. The van der Waals surface area contributed by atoms with Crippen LogP contribution in [0.15, 0.2) is 36.4 Å². The van der Waals surface area contributed by atoms with E-state index in [-0.39, 0.29) is 11.8 Å². The zero-order valence-corrected chi connectivity index (χ0v) is 20.3. The Balaban J connectivity index is 1.35. The number of likely N-dealkylation sites (tertiary alicyclic amines) is 2. The first kappa shape index (κ1) is 23.3. The van der Waals surface area contributed by atoms with E-state index in [0.29, 0.717) is 19.0 Å². The van der Waals surface area contributed by atoms with E-state index in [1.165, 1.54) is 18.4 Å². The second-order valence-corrected chi connectivity index (χ2v) is 9.67. The maximum atomic E-state index is 12.9. The van der Waals surface area contributed by atoms with Crippen molar-refractivity contribution < 1.29 is 9.59 Å². The summed E-state index contributed by atoms with van der Waals surface area (Å²) in [4.78, 5) is 29.7. The van der Waals surface area contributed by atoms with Crippen LogP contribution < -0.4 is 0 Å². The molecule has 0 atom stereocenters. The van der Waals surface area contributed by atoms with Crippen molar-refractivity contribution in [1.82, 2.24) is 14.4 Å². The number of nitrogens with zero attached hydrogens (tertiary/aromatic N) is 3. The summed E-state index contributed by atoms with van der Waals surface area (Å²) in [5, 5.41) is 0. The third kappa shape index (κ3) is 5.40. The largest absolute Gasteiger partial charge is 0.342 e. The minimum atomic E-state index is 0.0378. The molecule has 0 spiro atoms. The molecule has 1 aromatic heterocycles. The predicted octanol–water partition coefficient (Wildman–Crippen LogP) is 5.06. The molecule has 2 aliphatic rings. The summed E-state index contributed by atoms with van der Waals surface area (Å²) in [5.74, 6) is 0.420. The van der Waals surface area contributed by atoms with Crippen LogP contribution in [-0.2, 0) is 9.59 Å². The Morgan fingerprint density at radius 1 is 0.848 bits per heavy atom. The van der Waals surface area contributed by atoms with Gasteiger partial charge in [-0.25, -0.2) is 0 Å². The highest BCUT2D eigenvalue weighted by Gasteiger charge is 2.29. The fraction of sp³-hybridized carbons (Fsp3) is 0.500. The van der Waals surface area contributed by atoms with Gasteiger partial charge in [-0.05, 0) is 76.3 Å². The standard InChI is InChI=1S/C28H37N3O2/c1-21-8-11-26(12-9-21)31-22(2)20-25(23(31)3)10-13-27(32)29-18-14-24(15-19-29)28(33)30-16-6-4-5-7-17-30/h8-13,20,24H,4-7,14-19H2,1-3H3. The minimum Gasteiger partial charge on any atom is -0.342 e. The van der Waals surface area contributed by atoms with E-state index >= 15 is 0 Å². The van der Waals surface area contributed by atoms with Crippen LogP contribution in [0.4, 0.5) is 0 Å². The fourth-order valence-corrected chi connectivity index (χ4v) is 5.21. The fourth-order valence-electron chi connectivity index (χ4n) is 5.21. The topological polar surface area (TPSA) is 45.6 Å². The molecule has 0 radical (unpaired) electrons. The monoisotopic (exact) mass is 447 g/mol. The molecule has 0 saturated carbocycles. The summed E-state index contributed by atoms with van der Waals surface area (Å²) < 4.78 is 2.23. The molecule has 1 aromatic carbocycles. The van der Waals surface area contributed by atoms with Gasteiger partial charge in [0.25, 0.3) is 0 Å². The van der Waals surface area contributed by atoms with E-state index < -0.39 is 0 Å². The molecule has 5 heteroatoms. The Hall–Kier alpha value is -2.82. The third-order valence-electron chi connectivity index (χ3n) is 7.24. The summed E-state index contributed by atoms with van der Waals surface area (Å²) in [6.45, 7) is 9.41. The van der Waals surface area contributed by atoms with Crippen molar-refractivity contribution in [2.24, 2.45) is 5.92 Å². The van der Waals surface area contributed by atoms with Crippen molar-refractivity contribution >= 4 is 17.9 Å². The average molecular weight is 448 g/mol. The van der Waals surface area contributed by atoms with Gasteiger partial charge in [-0.3, -0.25) is 9.59 Å². The number of aryl methyl sites for hydroxylation is 2. The zero-order chi connectivity index (χ0) is 23.4. The molecule has 5 nitrogen and oxygen atoms in total. The quantitative estimate of drug-likeness (QED) is 0.615. The van der Waals surface area contributed by atoms with Crippen LogP contribution in [0.1, 0.15) is 61.0 Å². The third-order valence-corrected chi connectivity index (χ3v) is 7.24. The maximum Gasteiger partial charge on any atom is 0.246 e. The van der Waals surface area contributed by atoms with Crippen LogP contribution in [0.5, 0.6) is 0 Å². The van der Waals surface area contributed by atoms with Gasteiger partial charge >= 0.3 is 0 Å². The van der Waals surface area contributed by atoms with Crippen LogP contribution in [0, 0.1) is 26.7 Å².